The van der Waals surface area contributed by atoms with E-state index < -0.39 is 12.1 Å². The first-order valence-electron chi connectivity index (χ1n) is 5.15. The van der Waals surface area contributed by atoms with Crippen LogP contribution in [0.3, 0.4) is 0 Å². The largest absolute Gasteiger partial charge is 0.479 e. The van der Waals surface area contributed by atoms with Crippen LogP contribution in [0.2, 0.25) is 0 Å². The van der Waals surface area contributed by atoms with Crippen molar-refractivity contribution in [2.24, 2.45) is 0 Å². The maximum absolute atomic E-state index is 10.5. The van der Waals surface area contributed by atoms with Crippen molar-refractivity contribution < 1.29 is 15.0 Å². The van der Waals surface area contributed by atoms with E-state index >= 15 is 0 Å². The zero-order valence-corrected chi connectivity index (χ0v) is 10.2. The van der Waals surface area contributed by atoms with E-state index in [-0.39, 0.29) is 6.42 Å². The van der Waals surface area contributed by atoms with Crippen LogP contribution in [-0.2, 0) is 11.2 Å². The molecular formula is C12H16O3S. The van der Waals surface area contributed by atoms with Crippen molar-refractivity contribution in [3.8, 4) is 0 Å². The number of thioether (sulfide) groups is 1. The van der Waals surface area contributed by atoms with E-state index in [2.05, 4.69) is 13.8 Å². The third-order valence-electron chi connectivity index (χ3n) is 2.01. The molecule has 2 N–H and O–H groups in total. The first kappa shape index (κ1) is 13.1. The fraction of sp³-hybridized carbons (Fsp3) is 0.417. The molecular weight excluding hydrogens is 224 g/mol. The minimum absolute atomic E-state index is 0.155. The zero-order chi connectivity index (χ0) is 12.1. The summed E-state index contributed by atoms with van der Waals surface area (Å²) in [5.41, 5.74) is 0.836. The number of benzene rings is 1. The van der Waals surface area contributed by atoms with Crippen LogP contribution in [0.4, 0.5) is 0 Å². The average Bonchev–Trinajstić information content (AvgIpc) is 2.20. The van der Waals surface area contributed by atoms with Crippen molar-refractivity contribution in [2.75, 3.05) is 0 Å². The highest BCUT2D eigenvalue weighted by Gasteiger charge is 2.13. The number of aliphatic hydroxyl groups is 1. The van der Waals surface area contributed by atoms with Gasteiger partial charge in [-0.1, -0.05) is 26.0 Å². The van der Waals surface area contributed by atoms with Gasteiger partial charge in [-0.05, 0) is 17.7 Å². The quantitative estimate of drug-likeness (QED) is 0.774. The number of rotatable bonds is 5. The summed E-state index contributed by atoms with van der Waals surface area (Å²) in [4.78, 5) is 11.6. The smallest absolute Gasteiger partial charge is 0.332 e. The molecule has 16 heavy (non-hydrogen) atoms. The summed E-state index contributed by atoms with van der Waals surface area (Å²) in [6.07, 6.45) is -1.16. The van der Waals surface area contributed by atoms with E-state index in [1.54, 1.807) is 11.8 Å². The van der Waals surface area contributed by atoms with Gasteiger partial charge in [0.05, 0.1) is 0 Å². The second kappa shape index (κ2) is 5.92. The molecule has 88 valence electrons. The van der Waals surface area contributed by atoms with Crippen LogP contribution in [0.5, 0.6) is 0 Å². The van der Waals surface area contributed by atoms with E-state index in [9.17, 15) is 9.90 Å². The van der Waals surface area contributed by atoms with Crippen molar-refractivity contribution in [1.29, 1.82) is 0 Å². The Kier molecular flexibility index (Phi) is 4.83. The fourth-order valence-electron chi connectivity index (χ4n) is 1.29. The maximum Gasteiger partial charge on any atom is 0.332 e. The molecule has 1 unspecified atom stereocenters. The number of carboxylic acid groups (broad SMARTS) is 1. The normalized spacial score (nSPS) is 12.8. The van der Waals surface area contributed by atoms with Gasteiger partial charge in [-0.3, -0.25) is 0 Å². The number of hydrogen-bond donors (Lipinski definition) is 2. The van der Waals surface area contributed by atoms with Gasteiger partial charge in [0.25, 0.3) is 0 Å². The Bertz CT molecular complexity index is 346. The van der Waals surface area contributed by atoms with Gasteiger partial charge in [0.15, 0.2) is 6.10 Å². The summed E-state index contributed by atoms with van der Waals surface area (Å²) in [5, 5.41) is 18.3. The van der Waals surface area contributed by atoms with E-state index in [4.69, 9.17) is 5.11 Å². The Morgan fingerprint density at radius 3 is 2.31 bits per heavy atom. The molecule has 0 aliphatic carbocycles. The molecule has 1 atom stereocenters. The predicted molar refractivity (Wildman–Crippen MR) is 64.8 cm³/mol. The highest BCUT2D eigenvalue weighted by atomic mass is 32.2. The summed E-state index contributed by atoms with van der Waals surface area (Å²) in [5.74, 6) is -1.18. The number of aliphatic carboxylic acids is 1. The monoisotopic (exact) mass is 240 g/mol. The molecule has 1 rings (SSSR count). The maximum atomic E-state index is 10.5. The van der Waals surface area contributed by atoms with Gasteiger partial charge >= 0.3 is 5.97 Å². The third kappa shape index (κ3) is 4.24. The number of hydrogen-bond acceptors (Lipinski definition) is 3. The van der Waals surface area contributed by atoms with Gasteiger partial charge < -0.3 is 10.2 Å². The zero-order valence-electron chi connectivity index (χ0n) is 9.38. The van der Waals surface area contributed by atoms with Crippen molar-refractivity contribution in [1.82, 2.24) is 0 Å². The van der Waals surface area contributed by atoms with Gasteiger partial charge in [0.2, 0.25) is 0 Å². The molecule has 4 heteroatoms. The molecule has 0 amide bonds. The molecule has 0 heterocycles. The van der Waals surface area contributed by atoms with E-state index in [0.717, 1.165) is 10.5 Å². The van der Waals surface area contributed by atoms with Crippen LogP contribution in [0.1, 0.15) is 19.4 Å². The molecule has 3 nitrogen and oxygen atoms in total. The van der Waals surface area contributed by atoms with E-state index in [1.165, 1.54) is 0 Å². The third-order valence-corrected chi connectivity index (χ3v) is 3.02. The lowest BCUT2D eigenvalue weighted by atomic mass is 10.1. The van der Waals surface area contributed by atoms with Gasteiger partial charge in [0.1, 0.15) is 0 Å². The standard InChI is InChI=1S/C12H16O3S/c1-8(2)16-10-5-3-9(4-6-10)7-11(13)12(14)15/h3-6,8,11,13H,7H2,1-2H3,(H,14,15). The summed E-state index contributed by atoms with van der Waals surface area (Å²) in [6.45, 7) is 4.24. The van der Waals surface area contributed by atoms with Crippen LogP contribution in [0.15, 0.2) is 29.2 Å². The average molecular weight is 240 g/mol. The van der Waals surface area contributed by atoms with Crippen LogP contribution < -0.4 is 0 Å². The summed E-state index contributed by atoms with van der Waals surface area (Å²) >= 11 is 1.75. The first-order valence-corrected chi connectivity index (χ1v) is 6.03. The Labute approximate surface area is 99.5 Å². The molecule has 0 bridgehead atoms. The molecule has 0 saturated carbocycles. The van der Waals surface area contributed by atoms with Crippen LogP contribution >= 0.6 is 11.8 Å². The van der Waals surface area contributed by atoms with Gasteiger partial charge in [0, 0.05) is 16.6 Å². The van der Waals surface area contributed by atoms with Gasteiger partial charge in [-0.15, -0.1) is 11.8 Å². The summed E-state index contributed by atoms with van der Waals surface area (Å²) in [7, 11) is 0. The highest BCUT2D eigenvalue weighted by Crippen LogP contribution is 2.23. The predicted octanol–water partition coefficient (Wildman–Crippen LogP) is 2.18. The Balaban J connectivity index is 2.61. The van der Waals surface area contributed by atoms with Crippen LogP contribution in [-0.4, -0.2) is 27.5 Å². The molecule has 0 fully saturated rings. The molecule has 0 radical (unpaired) electrons. The van der Waals surface area contributed by atoms with Gasteiger partial charge in [-0.2, -0.15) is 0 Å². The lowest BCUT2D eigenvalue weighted by Gasteiger charge is -2.08. The van der Waals surface area contributed by atoms with Crippen molar-refractivity contribution in [3.63, 3.8) is 0 Å². The second-order valence-electron chi connectivity index (χ2n) is 3.87. The molecule has 1 aromatic carbocycles. The first-order chi connectivity index (χ1) is 7.49. The van der Waals surface area contributed by atoms with Gasteiger partial charge in [-0.25, -0.2) is 4.79 Å². The molecule has 0 aliphatic heterocycles. The fourth-order valence-corrected chi connectivity index (χ4v) is 2.12. The van der Waals surface area contributed by atoms with Crippen LogP contribution in [0.25, 0.3) is 0 Å². The van der Waals surface area contributed by atoms with E-state index in [1.807, 2.05) is 24.3 Å². The number of aliphatic hydroxyl groups excluding tert-OH is 1. The van der Waals surface area contributed by atoms with Crippen molar-refractivity contribution in [2.45, 2.75) is 36.5 Å². The minimum atomic E-state index is -1.32. The molecule has 1 aromatic rings. The lowest BCUT2D eigenvalue weighted by molar-refractivity contribution is -0.146. The number of carboxylic acids is 1. The Morgan fingerprint density at radius 1 is 1.31 bits per heavy atom. The highest BCUT2D eigenvalue weighted by molar-refractivity contribution is 7.99. The summed E-state index contributed by atoms with van der Waals surface area (Å²) < 4.78 is 0. The number of carbonyl (C=O) groups is 1. The molecule has 0 spiro atoms. The topological polar surface area (TPSA) is 57.5 Å². The Morgan fingerprint density at radius 2 is 1.88 bits per heavy atom. The van der Waals surface area contributed by atoms with Crippen molar-refractivity contribution in [3.05, 3.63) is 29.8 Å². The Hall–Kier alpha value is -1.00. The van der Waals surface area contributed by atoms with Crippen molar-refractivity contribution >= 4 is 17.7 Å². The second-order valence-corrected chi connectivity index (χ2v) is 5.52. The minimum Gasteiger partial charge on any atom is -0.479 e. The van der Waals surface area contributed by atoms with E-state index in [0.29, 0.717) is 5.25 Å². The summed E-state index contributed by atoms with van der Waals surface area (Å²) in [6, 6.07) is 7.62. The SMILES string of the molecule is CC(C)Sc1ccc(CC(O)C(=O)O)cc1. The molecule has 0 saturated heterocycles. The van der Waals surface area contributed by atoms with Crippen LogP contribution in [0, 0.1) is 0 Å². The molecule has 0 aliphatic rings. The lowest BCUT2D eigenvalue weighted by Crippen LogP contribution is -2.21. The molecule has 0 aromatic heterocycles.